The number of nitrogens with zero attached hydrogens (tertiary/aromatic N) is 2. The molecule has 0 bridgehead atoms. The molecule has 0 aromatic carbocycles. The van der Waals surface area contributed by atoms with Crippen molar-refractivity contribution in [1.29, 1.82) is 0 Å². The number of carbonyl (C=O) groups excluding carboxylic acids is 1. The van der Waals surface area contributed by atoms with E-state index in [1.54, 1.807) is 11.3 Å². The molecule has 0 aliphatic carbocycles. The van der Waals surface area contributed by atoms with Crippen LogP contribution in [0.4, 0.5) is 0 Å². The first-order chi connectivity index (χ1) is 9.19. The number of carbonyl (C=O) groups is 1. The smallest absolute Gasteiger partial charge is 0.220 e. The molecule has 0 unspecified atom stereocenters. The number of nitrogens with one attached hydrogen (secondary N) is 1. The van der Waals surface area contributed by atoms with E-state index in [0.29, 0.717) is 13.0 Å². The van der Waals surface area contributed by atoms with Crippen molar-refractivity contribution < 1.29 is 4.79 Å². The predicted molar refractivity (Wildman–Crippen MR) is 80.1 cm³/mol. The molecule has 4 nitrogen and oxygen atoms in total. The molecule has 19 heavy (non-hydrogen) atoms. The molecule has 0 spiro atoms. The van der Waals surface area contributed by atoms with Crippen LogP contribution in [0.3, 0.4) is 0 Å². The SMILES string of the molecule is CCCCC(=O)NCc1nc(CN(CC)CC)cs1. The Morgan fingerprint density at radius 2 is 2.11 bits per heavy atom. The lowest BCUT2D eigenvalue weighted by molar-refractivity contribution is -0.121. The molecule has 0 aliphatic rings. The highest BCUT2D eigenvalue weighted by atomic mass is 32.1. The fraction of sp³-hybridized carbons (Fsp3) is 0.714. The zero-order valence-corrected chi connectivity index (χ0v) is 13.1. The predicted octanol–water partition coefficient (Wildman–Crippen LogP) is 2.79. The fourth-order valence-corrected chi connectivity index (χ4v) is 2.50. The van der Waals surface area contributed by atoms with Gasteiger partial charge in [0.05, 0.1) is 12.2 Å². The van der Waals surface area contributed by atoms with Crippen LogP contribution in [0.2, 0.25) is 0 Å². The van der Waals surface area contributed by atoms with Gasteiger partial charge in [0.1, 0.15) is 5.01 Å². The molecule has 1 N–H and O–H groups in total. The third kappa shape index (κ3) is 6.16. The van der Waals surface area contributed by atoms with Gasteiger partial charge >= 0.3 is 0 Å². The summed E-state index contributed by atoms with van der Waals surface area (Å²) in [6, 6.07) is 0. The maximum absolute atomic E-state index is 11.5. The van der Waals surface area contributed by atoms with Crippen molar-refractivity contribution in [1.82, 2.24) is 15.2 Å². The standard InChI is InChI=1S/C14H25N3OS/c1-4-7-8-13(18)15-9-14-16-12(11-19-14)10-17(5-2)6-3/h11H,4-10H2,1-3H3,(H,15,18). The lowest BCUT2D eigenvalue weighted by Gasteiger charge is -2.15. The minimum atomic E-state index is 0.127. The summed E-state index contributed by atoms with van der Waals surface area (Å²) in [7, 11) is 0. The molecular weight excluding hydrogens is 258 g/mol. The highest BCUT2D eigenvalue weighted by Crippen LogP contribution is 2.11. The molecule has 1 aromatic rings. The first kappa shape index (κ1) is 16.1. The zero-order chi connectivity index (χ0) is 14.1. The largest absolute Gasteiger partial charge is 0.350 e. The average molecular weight is 283 g/mol. The number of rotatable bonds is 9. The van der Waals surface area contributed by atoms with Gasteiger partial charge in [0, 0.05) is 18.3 Å². The van der Waals surface area contributed by atoms with E-state index >= 15 is 0 Å². The average Bonchev–Trinajstić information content (AvgIpc) is 2.87. The van der Waals surface area contributed by atoms with Crippen molar-refractivity contribution >= 4 is 17.2 Å². The number of thiazole rings is 1. The van der Waals surface area contributed by atoms with Crippen molar-refractivity contribution in [3.05, 3.63) is 16.1 Å². The van der Waals surface area contributed by atoms with Gasteiger partial charge in [0.2, 0.25) is 5.91 Å². The van der Waals surface area contributed by atoms with Crippen LogP contribution in [0.25, 0.3) is 0 Å². The summed E-state index contributed by atoms with van der Waals surface area (Å²) in [5, 5.41) is 6.01. The number of hydrogen-bond acceptors (Lipinski definition) is 4. The van der Waals surface area contributed by atoms with Crippen LogP contribution < -0.4 is 5.32 Å². The van der Waals surface area contributed by atoms with Crippen molar-refractivity contribution in [2.75, 3.05) is 13.1 Å². The molecule has 1 rings (SSSR count). The summed E-state index contributed by atoms with van der Waals surface area (Å²) in [4.78, 5) is 18.4. The Bertz CT molecular complexity index is 375. The van der Waals surface area contributed by atoms with Gasteiger partial charge in [-0.05, 0) is 19.5 Å². The number of aromatic nitrogens is 1. The summed E-state index contributed by atoms with van der Waals surface area (Å²) < 4.78 is 0. The van der Waals surface area contributed by atoms with E-state index in [-0.39, 0.29) is 5.91 Å². The van der Waals surface area contributed by atoms with E-state index in [0.717, 1.165) is 43.2 Å². The number of amides is 1. The molecule has 1 heterocycles. The van der Waals surface area contributed by atoms with E-state index < -0.39 is 0 Å². The molecule has 0 saturated heterocycles. The van der Waals surface area contributed by atoms with E-state index in [2.05, 4.69) is 41.4 Å². The summed E-state index contributed by atoms with van der Waals surface area (Å²) in [5.41, 5.74) is 1.10. The van der Waals surface area contributed by atoms with Gasteiger partial charge in [-0.15, -0.1) is 11.3 Å². The monoisotopic (exact) mass is 283 g/mol. The first-order valence-corrected chi connectivity index (χ1v) is 7.99. The van der Waals surface area contributed by atoms with E-state index in [1.165, 1.54) is 0 Å². The van der Waals surface area contributed by atoms with Crippen molar-refractivity contribution in [2.24, 2.45) is 0 Å². The van der Waals surface area contributed by atoms with Crippen LogP contribution in [0.1, 0.15) is 50.7 Å². The molecule has 108 valence electrons. The first-order valence-electron chi connectivity index (χ1n) is 7.11. The minimum Gasteiger partial charge on any atom is -0.350 e. The summed E-state index contributed by atoms with van der Waals surface area (Å²) in [6.07, 6.45) is 2.63. The van der Waals surface area contributed by atoms with Crippen molar-refractivity contribution in [3.8, 4) is 0 Å². The van der Waals surface area contributed by atoms with Gasteiger partial charge < -0.3 is 5.32 Å². The van der Waals surface area contributed by atoms with Crippen LogP contribution in [0, 0.1) is 0 Å². The van der Waals surface area contributed by atoms with Crippen molar-refractivity contribution in [3.63, 3.8) is 0 Å². The van der Waals surface area contributed by atoms with Gasteiger partial charge in [0.25, 0.3) is 0 Å². The highest BCUT2D eigenvalue weighted by molar-refractivity contribution is 7.09. The Morgan fingerprint density at radius 3 is 2.74 bits per heavy atom. The maximum atomic E-state index is 11.5. The molecule has 0 saturated carbocycles. The summed E-state index contributed by atoms with van der Waals surface area (Å²) in [6.45, 7) is 9.94. The molecule has 0 fully saturated rings. The minimum absolute atomic E-state index is 0.127. The summed E-state index contributed by atoms with van der Waals surface area (Å²) >= 11 is 1.63. The molecule has 1 amide bonds. The van der Waals surface area contributed by atoms with Gasteiger partial charge in [-0.3, -0.25) is 9.69 Å². The molecule has 0 radical (unpaired) electrons. The van der Waals surface area contributed by atoms with E-state index in [4.69, 9.17) is 0 Å². The molecular formula is C14H25N3OS. The maximum Gasteiger partial charge on any atom is 0.220 e. The van der Waals surface area contributed by atoms with Crippen LogP contribution in [-0.4, -0.2) is 28.9 Å². The fourth-order valence-electron chi connectivity index (χ4n) is 1.78. The Labute approximate surface area is 120 Å². The summed E-state index contributed by atoms with van der Waals surface area (Å²) in [5.74, 6) is 0.127. The topological polar surface area (TPSA) is 45.2 Å². The van der Waals surface area contributed by atoms with Gasteiger partial charge in [0.15, 0.2) is 0 Å². The van der Waals surface area contributed by atoms with Crippen LogP contribution in [0.5, 0.6) is 0 Å². The van der Waals surface area contributed by atoms with Crippen molar-refractivity contribution in [2.45, 2.75) is 53.1 Å². The molecule has 1 aromatic heterocycles. The molecule has 0 atom stereocenters. The van der Waals surface area contributed by atoms with Crippen LogP contribution in [-0.2, 0) is 17.9 Å². The second-order valence-corrected chi connectivity index (χ2v) is 5.52. The number of unbranched alkanes of at least 4 members (excludes halogenated alkanes) is 1. The van der Waals surface area contributed by atoms with Gasteiger partial charge in [-0.1, -0.05) is 27.2 Å². The van der Waals surface area contributed by atoms with Crippen LogP contribution in [0.15, 0.2) is 5.38 Å². The molecule has 5 heteroatoms. The number of hydrogen-bond donors (Lipinski definition) is 1. The third-order valence-electron chi connectivity index (χ3n) is 3.07. The second-order valence-electron chi connectivity index (χ2n) is 4.57. The lowest BCUT2D eigenvalue weighted by atomic mass is 10.2. The lowest BCUT2D eigenvalue weighted by Crippen LogP contribution is -2.23. The quantitative estimate of drug-likeness (QED) is 0.758. The zero-order valence-electron chi connectivity index (χ0n) is 12.2. The molecule has 0 aliphatic heterocycles. The Morgan fingerprint density at radius 1 is 1.37 bits per heavy atom. The highest BCUT2D eigenvalue weighted by Gasteiger charge is 2.07. The Hall–Kier alpha value is -0.940. The Balaban J connectivity index is 2.36. The van der Waals surface area contributed by atoms with Crippen LogP contribution >= 0.6 is 11.3 Å². The van der Waals surface area contributed by atoms with Gasteiger partial charge in [-0.25, -0.2) is 4.98 Å². The van der Waals surface area contributed by atoms with E-state index in [9.17, 15) is 4.79 Å². The normalized spacial score (nSPS) is 10.9. The third-order valence-corrected chi connectivity index (χ3v) is 3.97. The van der Waals surface area contributed by atoms with E-state index in [1.807, 2.05) is 0 Å². The Kier molecular flexibility index (Phi) is 7.67. The second kappa shape index (κ2) is 9.04. The van der Waals surface area contributed by atoms with Gasteiger partial charge in [-0.2, -0.15) is 0 Å².